The zero-order chi connectivity index (χ0) is 21.7. The van der Waals surface area contributed by atoms with Crippen molar-refractivity contribution in [3.63, 3.8) is 0 Å². The Hall–Kier alpha value is -3.47. The summed E-state index contributed by atoms with van der Waals surface area (Å²) in [6.07, 6.45) is 3.36. The van der Waals surface area contributed by atoms with E-state index in [4.69, 9.17) is 14.2 Å². The largest absolute Gasteiger partial charge is 0.494 e. The summed E-state index contributed by atoms with van der Waals surface area (Å²) in [5.74, 6) is 2.08. The first-order valence-electron chi connectivity index (χ1n) is 10.7. The minimum absolute atomic E-state index is 0.179. The molecule has 1 N–H and O–H groups in total. The third-order valence-electron chi connectivity index (χ3n) is 4.59. The van der Waals surface area contributed by atoms with Crippen molar-refractivity contribution >= 4 is 11.6 Å². The third kappa shape index (κ3) is 7.70. The number of hydrogen-bond acceptors (Lipinski definition) is 4. The fourth-order valence-electron chi connectivity index (χ4n) is 2.95. The van der Waals surface area contributed by atoms with Crippen LogP contribution in [0.3, 0.4) is 0 Å². The molecule has 0 heterocycles. The van der Waals surface area contributed by atoms with Crippen molar-refractivity contribution in [3.8, 4) is 17.2 Å². The van der Waals surface area contributed by atoms with E-state index >= 15 is 0 Å². The van der Waals surface area contributed by atoms with Crippen LogP contribution in [0.5, 0.6) is 17.2 Å². The monoisotopic (exact) mass is 419 g/mol. The highest BCUT2D eigenvalue weighted by molar-refractivity contribution is 6.04. The molecular formula is C26H29NO4. The topological polar surface area (TPSA) is 56.8 Å². The van der Waals surface area contributed by atoms with Gasteiger partial charge in [-0.25, -0.2) is 0 Å². The van der Waals surface area contributed by atoms with E-state index < -0.39 is 0 Å². The molecule has 0 aromatic heterocycles. The number of unbranched alkanes of at least 4 members (excludes halogenated alkanes) is 2. The zero-order valence-corrected chi connectivity index (χ0v) is 17.9. The van der Waals surface area contributed by atoms with E-state index in [0.29, 0.717) is 36.8 Å². The lowest BCUT2D eigenvalue weighted by Gasteiger charge is -2.11. The van der Waals surface area contributed by atoms with E-state index in [1.807, 2.05) is 60.7 Å². The highest BCUT2D eigenvalue weighted by atomic mass is 16.5. The maximum Gasteiger partial charge on any atom is 0.255 e. The first kappa shape index (κ1) is 22.2. The molecule has 0 aliphatic heterocycles. The summed E-state index contributed by atoms with van der Waals surface area (Å²) in [6, 6.07) is 24.1. The minimum atomic E-state index is -0.179. The molecule has 3 aromatic carbocycles. The summed E-state index contributed by atoms with van der Waals surface area (Å²) >= 11 is 0. The number of amides is 1. The number of para-hydroxylation sites is 1. The van der Waals surface area contributed by atoms with Crippen LogP contribution in [0, 0.1) is 0 Å². The van der Waals surface area contributed by atoms with Crippen LogP contribution in [0.4, 0.5) is 5.69 Å². The maximum atomic E-state index is 12.5. The average Bonchev–Trinajstić information content (AvgIpc) is 2.81. The lowest BCUT2D eigenvalue weighted by molar-refractivity contribution is 0.102. The van der Waals surface area contributed by atoms with Crippen molar-refractivity contribution in [1.82, 2.24) is 0 Å². The number of nitrogens with one attached hydrogen (secondary N) is 1. The molecule has 162 valence electrons. The number of hydrogen-bond donors (Lipinski definition) is 1. The summed E-state index contributed by atoms with van der Waals surface area (Å²) in [5.41, 5.74) is 1.25. The van der Waals surface area contributed by atoms with Gasteiger partial charge in [-0.05, 0) is 55.0 Å². The second kappa shape index (κ2) is 12.3. The van der Waals surface area contributed by atoms with Gasteiger partial charge in [-0.2, -0.15) is 0 Å². The Labute approximate surface area is 184 Å². The number of carbonyl (C=O) groups excluding carboxylic acids is 1. The molecule has 3 aromatic rings. The smallest absolute Gasteiger partial charge is 0.255 e. The summed E-state index contributed by atoms with van der Waals surface area (Å²) in [5, 5.41) is 2.90. The average molecular weight is 420 g/mol. The van der Waals surface area contributed by atoms with Crippen LogP contribution < -0.4 is 19.5 Å². The summed E-state index contributed by atoms with van der Waals surface area (Å²) in [6.45, 7) is 3.71. The molecule has 0 bridgehead atoms. The summed E-state index contributed by atoms with van der Waals surface area (Å²) < 4.78 is 17.0. The molecule has 5 nitrogen and oxygen atoms in total. The first-order chi connectivity index (χ1) is 15.2. The fraction of sp³-hybridized carbons (Fsp3) is 0.269. The Morgan fingerprint density at radius 2 is 1.35 bits per heavy atom. The van der Waals surface area contributed by atoms with Gasteiger partial charge >= 0.3 is 0 Å². The molecule has 3 rings (SSSR count). The molecule has 0 saturated carbocycles. The molecule has 1 amide bonds. The van der Waals surface area contributed by atoms with Crippen molar-refractivity contribution in [2.45, 2.75) is 26.2 Å². The lowest BCUT2D eigenvalue weighted by Crippen LogP contribution is -2.12. The Morgan fingerprint density at radius 1 is 0.710 bits per heavy atom. The van der Waals surface area contributed by atoms with Crippen molar-refractivity contribution in [2.75, 3.05) is 25.1 Å². The van der Waals surface area contributed by atoms with Gasteiger partial charge in [0.05, 0.1) is 6.61 Å². The van der Waals surface area contributed by atoms with E-state index in [1.165, 1.54) is 0 Å². The second-order valence-electron chi connectivity index (χ2n) is 7.07. The Balaban J connectivity index is 1.45. The van der Waals surface area contributed by atoms with Gasteiger partial charge in [0, 0.05) is 17.3 Å². The molecule has 0 fully saturated rings. The van der Waals surface area contributed by atoms with Crippen molar-refractivity contribution in [1.29, 1.82) is 0 Å². The zero-order valence-electron chi connectivity index (χ0n) is 17.9. The van der Waals surface area contributed by atoms with Crippen LogP contribution in [0.1, 0.15) is 36.5 Å². The molecule has 0 spiro atoms. The highest BCUT2D eigenvalue weighted by Crippen LogP contribution is 2.19. The van der Waals surface area contributed by atoms with Crippen molar-refractivity contribution in [2.24, 2.45) is 0 Å². The van der Waals surface area contributed by atoms with Crippen LogP contribution in [-0.4, -0.2) is 25.7 Å². The molecular weight excluding hydrogens is 390 g/mol. The van der Waals surface area contributed by atoms with Crippen LogP contribution >= 0.6 is 0 Å². The molecule has 0 aliphatic rings. The standard InChI is InChI=1S/C26H29NO4/c1-2-3-7-17-29-24-15-13-21(14-16-24)26(28)27-22-9-8-12-25(20-22)31-19-18-30-23-10-5-4-6-11-23/h4-6,8-16,20H,2-3,7,17-19H2,1H3,(H,27,28). The number of carbonyl (C=O) groups is 1. The molecule has 0 unspecified atom stereocenters. The van der Waals surface area contributed by atoms with E-state index in [1.54, 1.807) is 18.2 Å². The van der Waals surface area contributed by atoms with Gasteiger partial charge in [0.15, 0.2) is 0 Å². The van der Waals surface area contributed by atoms with Crippen molar-refractivity contribution in [3.05, 3.63) is 84.4 Å². The fourth-order valence-corrected chi connectivity index (χ4v) is 2.95. The predicted octanol–water partition coefficient (Wildman–Crippen LogP) is 5.97. The van der Waals surface area contributed by atoms with Gasteiger partial charge in [-0.15, -0.1) is 0 Å². The quantitative estimate of drug-likeness (QED) is 0.368. The van der Waals surface area contributed by atoms with Crippen LogP contribution in [0.2, 0.25) is 0 Å². The Kier molecular flexibility index (Phi) is 8.80. The van der Waals surface area contributed by atoms with E-state index in [2.05, 4.69) is 12.2 Å². The van der Waals surface area contributed by atoms with Gasteiger partial charge in [-0.3, -0.25) is 4.79 Å². The first-order valence-corrected chi connectivity index (χ1v) is 10.7. The van der Waals surface area contributed by atoms with E-state index in [0.717, 1.165) is 30.8 Å². The van der Waals surface area contributed by atoms with E-state index in [9.17, 15) is 4.79 Å². The van der Waals surface area contributed by atoms with Gasteiger partial charge in [0.25, 0.3) is 5.91 Å². The molecule has 5 heteroatoms. The summed E-state index contributed by atoms with van der Waals surface area (Å²) in [4.78, 5) is 12.5. The third-order valence-corrected chi connectivity index (χ3v) is 4.59. The van der Waals surface area contributed by atoms with Gasteiger partial charge in [0.2, 0.25) is 0 Å². The van der Waals surface area contributed by atoms with Crippen LogP contribution in [-0.2, 0) is 0 Å². The Bertz CT molecular complexity index is 926. The number of anilines is 1. The molecule has 31 heavy (non-hydrogen) atoms. The summed E-state index contributed by atoms with van der Waals surface area (Å²) in [7, 11) is 0. The van der Waals surface area contributed by atoms with Crippen LogP contribution in [0.25, 0.3) is 0 Å². The van der Waals surface area contributed by atoms with Gasteiger partial charge in [0.1, 0.15) is 30.5 Å². The van der Waals surface area contributed by atoms with E-state index in [-0.39, 0.29) is 5.91 Å². The molecule has 0 aliphatic carbocycles. The predicted molar refractivity (Wildman–Crippen MR) is 123 cm³/mol. The maximum absolute atomic E-state index is 12.5. The molecule has 0 saturated heterocycles. The molecule has 0 atom stereocenters. The minimum Gasteiger partial charge on any atom is -0.494 e. The number of ether oxygens (including phenoxy) is 3. The SMILES string of the molecule is CCCCCOc1ccc(C(=O)Nc2cccc(OCCOc3ccccc3)c2)cc1. The second-order valence-corrected chi connectivity index (χ2v) is 7.07. The number of rotatable bonds is 12. The highest BCUT2D eigenvalue weighted by Gasteiger charge is 2.07. The van der Waals surface area contributed by atoms with Crippen molar-refractivity contribution < 1.29 is 19.0 Å². The Morgan fingerprint density at radius 3 is 2.10 bits per heavy atom. The van der Waals surface area contributed by atoms with Gasteiger partial charge in [-0.1, -0.05) is 44.0 Å². The molecule has 0 radical (unpaired) electrons. The lowest BCUT2D eigenvalue weighted by atomic mass is 10.2. The van der Waals surface area contributed by atoms with Gasteiger partial charge < -0.3 is 19.5 Å². The van der Waals surface area contributed by atoms with Crippen LogP contribution in [0.15, 0.2) is 78.9 Å². The number of benzene rings is 3. The normalized spacial score (nSPS) is 10.4.